The van der Waals surface area contributed by atoms with Gasteiger partial charge in [0, 0.05) is 36.9 Å². The lowest BCUT2D eigenvalue weighted by Gasteiger charge is -2.06. The van der Waals surface area contributed by atoms with Crippen LogP contribution in [0.1, 0.15) is 23.3 Å². The Hall–Kier alpha value is -2.78. The molecule has 1 aromatic carbocycles. The Balaban J connectivity index is 1.70. The highest BCUT2D eigenvalue weighted by Gasteiger charge is 2.15. The monoisotopic (exact) mass is 403 g/mol. The van der Waals surface area contributed by atoms with Gasteiger partial charge in [0.2, 0.25) is 11.8 Å². The predicted octanol–water partition coefficient (Wildman–Crippen LogP) is 3.22. The number of carboxylic acid groups (broad SMARTS) is 1. The zero-order valence-electron chi connectivity index (χ0n) is 14.2. The molecule has 0 fully saturated rings. The van der Waals surface area contributed by atoms with E-state index in [-0.39, 0.29) is 37.7 Å². The maximum atomic E-state index is 11.8. The molecule has 140 valence electrons. The molecule has 0 aliphatic carbocycles. The third-order valence-electron chi connectivity index (χ3n) is 3.96. The lowest BCUT2D eigenvalue weighted by Crippen LogP contribution is -2.26. The van der Waals surface area contributed by atoms with Gasteiger partial charge in [-0.25, -0.2) is 0 Å². The van der Waals surface area contributed by atoms with Crippen LogP contribution in [0.2, 0.25) is 0 Å². The fourth-order valence-electron chi connectivity index (χ4n) is 2.61. The quantitative estimate of drug-likeness (QED) is 0.616. The third kappa shape index (κ3) is 4.50. The first-order valence-electron chi connectivity index (χ1n) is 8.22. The summed E-state index contributed by atoms with van der Waals surface area (Å²) in [6, 6.07) is 7.72. The van der Waals surface area contributed by atoms with Crippen LogP contribution in [0.15, 0.2) is 29.3 Å². The topological polar surface area (TPSA) is 104 Å². The van der Waals surface area contributed by atoms with Crippen LogP contribution >= 0.6 is 23.6 Å². The average molecular weight is 403 g/mol. The van der Waals surface area contributed by atoms with E-state index in [2.05, 4.69) is 10.3 Å². The number of amides is 1. The molecule has 3 N–H and O–H groups in total. The Morgan fingerprint density at radius 1 is 1.30 bits per heavy atom. The van der Waals surface area contributed by atoms with Crippen LogP contribution in [0.3, 0.4) is 0 Å². The van der Waals surface area contributed by atoms with Crippen molar-refractivity contribution in [2.45, 2.75) is 19.4 Å². The number of allylic oxidation sites excluding steroid dienone is 1. The van der Waals surface area contributed by atoms with Gasteiger partial charge in [0.25, 0.3) is 0 Å². The first-order valence-corrected chi connectivity index (χ1v) is 9.44. The molecule has 0 atom stereocenters. The molecule has 0 unspecified atom stereocenters. The number of benzene rings is 1. The molecule has 0 saturated heterocycles. The number of aromatic nitrogens is 1. The van der Waals surface area contributed by atoms with Crippen LogP contribution in [0.5, 0.6) is 5.88 Å². The number of fused-ring (bicyclic) bond motifs is 1. The van der Waals surface area contributed by atoms with E-state index in [0.717, 1.165) is 16.8 Å². The van der Waals surface area contributed by atoms with Crippen LogP contribution in [-0.2, 0) is 16.1 Å². The zero-order chi connectivity index (χ0) is 19.4. The second-order valence-electron chi connectivity index (χ2n) is 5.83. The summed E-state index contributed by atoms with van der Waals surface area (Å²) in [5, 5.41) is 21.6. The summed E-state index contributed by atoms with van der Waals surface area (Å²) in [6.07, 6.45) is 3.54. The Labute approximate surface area is 164 Å². The van der Waals surface area contributed by atoms with Crippen LogP contribution < -0.4 is 5.32 Å². The number of aliphatic imine (C=N–C) groups is 1. The third-order valence-corrected chi connectivity index (χ3v) is 5.35. The highest BCUT2D eigenvalue weighted by Crippen LogP contribution is 2.35. The minimum absolute atomic E-state index is 0.00798. The molecule has 1 amide bonds. The number of para-hydroxylation sites is 1. The molecule has 0 radical (unpaired) electrons. The molecule has 27 heavy (non-hydrogen) atoms. The second-order valence-corrected chi connectivity index (χ2v) is 7.50. The summed E-state index contributed by atoms with van der Waals surface area (Å²) in [7, 11) is 0. The van der Waals surface area contributed by atoms with Gasteiger partial charge in [-0.1, -0.05) is 18.2 Å². The molecule has 2 aromatic rings. The predicted molar refractivity (Wildman–Crippen MR) is 107 cm³/mol. The van der Waals surface area contributed by atoms with Gasteiger partial charge in [0.05, 0.1) is 17.0 Å². The molecule has 3 rings (SSSR count). The molecule has 1 aromatic heterocycles. The molecule has 0 spiro atoms. The number of aromatic hydroxyl groups is 1. The van der Waals surface area contributed by atoms with E-state index in [1.807, 2.05) is 30.3 Å². The van der Waals surface area contributed by atoms with Crippen molar-refractivity contribution < 1.29 is 19.8 Å². The molecular formula is C18H17N3O4S2. The lowest BCUT2D eigenvalue weighted by molar-refractivity contribution is -0.136. The molecule has 0 bridgehead atoms. The number of carbonyl (C=O) groups excluding carboxylic acids is 1. The molecule has 7 nitrogen and oxygen atoms in total. The fourth-order valence-corrected chi connectivity index (χ4v) is 3.92. The number of nitrogens with one attached hydrogen (secondary N) is 1. The summed E-state index contributed by atoms with van der Waals surface area (Å²) in [5.41, 5.74) is 2.75. The SMILES string of the molecule is O=C(O)CCNC(=O)CCn1c(O)c(/C=C2/C=Nc3ccccc32)sc1=S. The van der Waals surface area contributed by atoms with Crippen molar-refractivity contribution in [3.05, 3.63) is 38.7 Å². The Morgan fingerprint density at radius 2 is 2.07 bits per heavy atom. The van der Waals surface area contributed by atoms with Gasteiger partial charge >= 0.3 is 5.97 Å². The number of thiazole rings is 1. The van der Waals surface area contributed by atoms with Gasteiger partial charge in [-0.3, -0.25) is 19.1 Å². The summed E-state index contributed by atoms with van der Waals surface area (Å²) in [6.45, 7) is 0.291. The highest BCUT2D eigenvalue weighted by molar-refractivity contribution is 7.73. The van der Waals surface area contributed by atoms with Crippen LogP contribution in [0, 0.1) is 3.95 Å². The van der Waals surface area contributed by atoms with E-state index in [0.29, 0.717) is 8.83 Å². The normalized spacial score (nSPS) is 13.7. The molecule has 1 aliphatic heterocycles. The lowest BCUT2D eigenvalue weighted by atomic mass is 10.1. The van der Waals surface area contributed by atoms with E-state index >= 15 is 0 Å². The molecule has 2 heterocycles. The van der Waals surface area contributed by atoms with E-state index in [4.69, 9.17) is 17.3 Å². The molecular weight excluding hydrogens is 386 g/mol. The number of aliphatic carboxylic acids is 1. The van der Waals surface area contributed by atoms with Crippen molar-refractivity contribution in [1.29, 1.82) is 0 Å². The Bertz CT molecular complexity index is 1000. The minimum atomic E-state index is -0.970. The maximum absolute atomic E-state index is 11.8. The van der Waals surface area contributed by atoms with E-state index in [1.54, 1.807) is 6.21 Å². The Kier molecular flexibility index (Phi) is 5.82. The largest absolute Gasteiger partial charge is 0.493 e. The van der Waals surface area contributed by atoms with Crippen LogP contribution in [-0.4, -0.2) is 39.4 Å². The molecule has 1 aliphatic rings. The summed E-state index contributed by atoms with van der Waals surface area (Å²) >= 11 is 6.56. The average Bonchev–Trinajstić information content (AvgIpc) is 3.15. The van der Waals surface area contributed by atoms with Gasteiger partial charge < -0.3 is 15.5 Å². The fraction of sp³-hybridized carbons (Fsp3) is 0.222. The van der Waals surface area contributed by atoms with Crippen molar-refractivity contribution >= 4 is 59.0 Å². The number of rotatable bonds is 7. The van der Waals surface area contributed by atoms with Crippen molar-refractivity contribution in [1.82, 2.24) is 9.88 Å². The number of hydrogen-bond donors (Lipinski definition) is 3. The van der Waals surface area contributed by atoms with Gasteiger partial charge in [-0.05, 0) is 24.4 Å². The summed E-state index contributed by atoms with van der Waals surface area (Å²) in [4.78, 5) is 27.2. The first kappa shape index (κ1) is 19.0. The van der Waals surface area contributed by atoms with Crippen LogP contribution in [0.25, 0.3) is 11.6 Å². The number of carboxylic acids is 1. The number of hydrogen-bond acceptors (Lipinski definition) is 6. The number of carbonyl (C=O) groups is 2. The standard InChI is InChI=1S/C18H17N3O4S2/c22-15(19-7-5-16(23)24)6-8-21-17(25)14(27-18(21)26)9-11-10-20-13-4-2-1-3-12(11)13/h1-4,9-10,25H,5-8H2,(H,19,22)(H,23,24)/b11-9-. The van der Waals surface area contributed by atoms with Gasteiger partial charge in [-0.15, -0.1) is 11.3 Å². The van der Waals surface area contributed by atoms with E-state index in [1.165, 1.54) is 15.9 Å². The van der Waals surface area contributed by atoms with Crippen molar-refractivity contribution in [2.24, 2.45) is 4.99 Å². The zero-order valence-corrected chi connectivity index (χ0v) is 15.8. The molecule has 9 heteroatoms. The minimum Gasteiger partial charge on any atom is -0.493 e. The Morgan fingerprint density at radius 3 is 2.85 bits per heavy atom. The summed E-state index contributed by atoms with van der Waals surface area (Å²) < 4.78 is 1.96. The van der Waals surface area contributed by atoms with E-state index in [9.17, 15) is 14.7 Å². The van der Waals surface area contributed by atoms with Crippen molar-refractivity contribution in [3.63, 3.8) is 0 Å². The van der Waals surface area contributed by atoms with Crippen molar-refractivity contribution in [3.8, 4) is 5.88 Å². The van der Waals surface area contributed by atoms with Crippen molar-refractivity contribution in [2.75, 3.05) is 6.54 Å². The van der Waals surface area contributed by atoms with Gasteiger partial charge in [0.1, 0.15) is 0 Å². The number of nitrogens with zero attached hydrogens (tertiary/aromatic N) is 2. The van der Waals surface area contributed by atoms with Crippen LogP contribution in [0.4, 0.5) is 5.69 Å². The van der Waals surface area contributed by atoms with E-state index < -0.39 is 5.97 Å². The van der Waals surface area contributed by atoms with Gasteiger partial charge in [-0.2, -0.15) is 0 Å². The maximum Gasteiger partial charge on any atom is 0.305 e. The first-order chi connectivity index (χ1) is 13.0. The molecule has 0 saturated carbocycles. The second kappa shape index (κ2) is 8.28. The smallest absolute Gasteiger partial charge is 0.305 e. The van der Waals surface area contributed by atoms with Gasteiger partial charge in [0.15, 0.2) is 3.95 Å². The summed E-state index contributed by atoms with van der Waals surface area (Å²) in [5.74, 6) is -1.25. The highest BCUT2D eigenvalue weighted by atomic mass is 32.1.